The van der Waals surface area contributed by atoms with Gasteiger partial charge < -0.3 is 15.0 Å². The van der Waals surface area contributed by atoms with E-state index in [4.69, 9.17) is 4.74 Å². The van der Waals surface area contributed by atoms with Crippen LogP contribution in [0, 0.1) is 23.2 Å². The van der Waals surface area contributed by atoms with E-state index in [-0.39, 0.29) is 24.0 Å². The molecule has 0 aromatic carbocycles. The van der Waals surface area contributed by atoms with Gasteiger partial charge in [-0.05, 0) is 87.4 Å². The summed E-state index contributed by atoms with van der Waals surface area (Å²) in [6.07, 6.45) is 12.3. The Morgan fingerprint density at radius 1 is 0.963 bits per heavy atom. The number of amides is 2. The smallest absolute Gasteiger partial charge is 0.251 e. The molecule has 1 atom stereocenters. The van der Waals surface area contributed by atoms with Crippen molar-refractivity contribution in [2.24, 2.45) is 23.2 Å². The standard InChI is InChI=1S/C22H34N2O3/c25-20(14-22-11-15-8-16(12-22)10-17(9-15)13-22)23-18-3-5-24(6-4-18)21(26)19-2-1-7-27-19/h15-19H,1-14H2,(H,23,25). The van der Waals surface area contributed by atoms with Gasteiger partial charge >= 0.3 is 0 Å². The van der Waals surface area contributed by atoms with E-state index in [1.807, 2.05) is 4.90 Å². The molecular formula is C22H34N2O3. The lowest BCUT2D eigenvalue weighted by Gasteiger charge is -2.56. The van der Waals surface area contributed by atoms with Crippen LogP contribution in [0.2, 0.25) is 0 Å². The number of nitrogens with zero attached hydrogens (tertiary/aromatic N) is 1. The molecular weight excluding hydrogens is 340 g/mol. The largest absolute Gasteiger partial charge is 0.368 e. The second kappa shape index (κ2) is 7.06. The average molecular weight is 375 g/mol. The molecule has 1 N–H and O–H groups in total. The molecule has 0 aromatic heterocycles. The van der Waals surface area contributed by atoms with E-state index in [2.05, 4.69) is 5.32 Å². The number of rotatable bonds is 4. The van der Waals surface area contributed by atoms with Gasteiger partial charge in [-0.3, -0.25) is 9.59 Å². The Kier molecular flexibility index (Phi) is 4.69. The molecule has 4 saturated carbocycles. The highest BCUT2D eigenvalue weighted by atomic mass is 16.5. The summed E-state index contributed by atoms with van der Waals surface area (Å²) in [4.78, 5) is 27.2. The van der Waals surface area contributed by atoms with Crippen LogP contribution < -0.4 is 5.32 Å². The van der Waals surface area contributed by atoms with Crippen molar-refractivity contribution in [3.8, 4) is 0 Å². The molecule has 6 aliphatic rings. The molecule has 4 aliphatic carbocycles. The molecule has 0 radical (unpaired) electrons. The van der Waals surface area contributed by atoms with E-state index in [0.29, 0.717) is 12.0 Å². The summed E-state index contributed by atoms with van der Waals surface area (Å²) < 4.78 is 5.53. The van der Waals surface area contributed by atoms with Crippen molar-refractivity contribution in [3.63, 3.8) is 0 Å². The summed E-state index contributed by atoms with van der Waals surface area (Å²) in [5.41, 5.74) is 0.315. The zero-order valence-corrected chi connectivity index (χ0v) is 16.5. The van der Waals surface area contributed by atoms with Crippen LogP contribution in [-0.2, 0) is 14.3 Å². The first-order valence-corrected chi connectivity index (χ1v) is 11.3. The number of hydrogen-bond donors (Lipinski definition) is 1. The molecule has 5 nitrogen and oxygen atoms in total. The van der Waals surface area contributed by atoms with Crippen LogP contribution in [0.1, 0.15) is 70.6 Å². The molecule has 4 bridgehead atoms. The van der Waals surface area contributed by atoms with E-state index < -0.39 is 0 Å². The Hall–Kier alpha value is -1.10. The Morgan fingerprint density at radius 2 is 1.59 bits per heavy atom. The van der Waals surface area contributed by atoms with Gasteiger partial charge in [0.2, 0.25) is 5.91 Å². The van der Waals surface area contributed by atoms with E-state index in [0.717, 1.165) is 62.9 Å². The van der Waals surface area contributed by atoms with Crippen molar-refractivity contribution >= 4 is 11.8 Å². The molecule has 27 heavy (non-hydrogen) atoms. The zero-order chi connectivity index (χ0) is 18.4. The maximum absolute atomic E-state index is 12.8. The molecule has 0 spiro atoms. The van der Waals surface area contributed by atoms with Crippen molar-refractivity contribution in [2.75, 3.05) is 19.7 Å². The van der Waals surface area contributed by atoms with Gasteiger partial charge in [0.05, 0.1) is 0 Å². The SMILES string of the molecule is O=C(CC12CC3CC(CC(C3)C1)C2)NC1CCN(C(=O)C2CCCO2)CC1. The highest BCUT2D eigenvalue weighted by molar-refractivity contribution is 5.81. The molecule has 2 amide bonds. The minimum absolute atomic E-state index is 0.158. The number of piperidine rings is 1. The van der Waals surface area contributed by atoms with Crippen molar-refractivity contribution in [3.05, 3.63) is 0 Å². The molecule has 150 valence electrons. The zero-order valence-electron chi connectivity index (χ0n) is 16.5. The lowest BCUT2D eigenvalue weighted by molar-refractivity contribution is -0.142. The number of hydrogen-bond acceptors (Lipinski definition) is 3. The number of carbonyl (C=O) groups is 2. The van der Waals surface area contributed by atoms with Gasteiger partial charge in [-0.2, -0.15) is 0 Å². The lowest BCUT2D eigenvalue weighted by atomic mass is 9.49. The quantitative estimate of drug-likeness (QED) is 0.823. The fourth-order valence-electron chi connectivity index (χ4n) is 7.35. The normalized spacial score (nSPS) is 41.1. The van der Waals surface area contributed by atoms with Gasteiger partial charge in [-0.25, -0.2) is 0 Å². The molecule has 1 unspecified atom stereocenters. The first-order valence-electron chi connectivity index (χ1n) is 11.3. The second-order valence-corrected chi connectivity index (χ2v) is 10.3. The summed E-state index contributed by atoms with van der Waals surface area (Å²) in [5.74, 6) is 3.12. The summed E-state index contributed by atoms with van der Waals surface area (Å²) in [6, 6.07) is 0.236. The average Bonchev–Trinajstić information content (AvgIpc) is 3.14. The Labute approximate surface area is 162 Å². The van der Waals surface area contributed by atoms with E-state index in [1.165, 1.54) is 38.5 Å². The Morgan fingerprint density at radius 3 is 2.15 bits per heavy atom. The van der Waals surface area contributed by atoms with Crippen LogP contribution in [0.25, 0.3) is 0 Å². The van der Waals surface area contributed by atoms with Crippen molar-refractivity contribution in [1.82, 2.24) is 10.2 Å². The molecule has 6 fully saturated rings. The van der Waals surface area contributed by atoms with Gasteiger partial charge in [0, 0.05) is 32.2 Å². The molecule has 0 aromatic rings. The first kappa shape index (κ1) is 18.0. The van der Waals surface area contributed by atoms with E-state index in [9.17, 15) is 9.59 Å². The first-order chi connectivity index (χ1) is 13.1. The second-order valence-electron chi connectivity index (χ2n) is 10.3. The van der Waals surface area contributed by atoms with Crippen LogP contribution in [-0.4, -0.2) is 48.6 Å². The topological polar surface area (TPSA) is 58.6 Å². The fourth-order valence-corrected chi connectivity index (χ4v) is 7.35. The van der Waals surface area contributed by atoms with Crippen LogP contribution in [0.5, 0.6) is 0 Å². The van der Waals surface area contributed by atoms with Crippen molar-refractivity contribution in [2.45, 2.75) is 82.8 Å². The van der Waals surface area contributed by atoms with Gasteiger partial charge in [-0.15, -0.1) is 0 Å². The summed E-state index contributed by atoms with van der Waals surface area (Å²) in [7, 11) is 0. The summed E-state index contributed by atoms with van der Waals surface area (Å²) in [5, 5.41) is 3.31. The van der Waals surface area contributed by atoms with E-state index >= 15 is 0 Å². The molecule has 2 aliphatic heterocycles. The summed E-state index contributed by atoms with van der Waals surface area (Å²) >= 11 is 0. The molecule has 5 heteroatoms. The monoisotopic (exact) mass is 374 g/mol. The third-order valence-corrected chi connectivity index (χ3v) is 8.08. The molecule has 2 saturated heterocycles. The Balaban J connectivity index is 1.10. The highest BCUT2D eigenvalue weighted by Crippen LogP contribution is 2.61. The van der Waals surface area contributed by atoms with Crippen LogP contribution >= 0.6 is 0 Å². The number of likely N-dealkylation sites (tertiary alicyclic amines) is 1. The fraction of sp³-hybridized carbons (Fsp3) is 0.909. The minimum Gasteiger partial charge on any atom is -0.368 e. The van der Waals surface area contributed by atoms with Crippen molar-refractivity contribution < 1.29 is 14.3 Å². The van der Waals surface area contributed by atoms with Crippen LogP contribution in [0.3, 0.4) is 0 Å². The third kappa shape index (κ3) is 3.64. The number of ether oxygens (including phenoxy) is 1. The van der Waals surface area contributed by atoms with Crippen molar-refractivity contribution in [1.29, 1.82) is 0 Å². The predicted molar refractivity (Wildman–Crippen MR) is 102 cm³/mol. The van der Waals surface area contributed by atoms with Crippen LogP contribution in [0.4, 0.5) is 0 Å². The van der Waals surface area contributed by atoms with Gasteiger partial charge in [0.15, 0.2) is 0 Å². The lowest BCUT2D eigenvalue weighted by Crippen LogP contribution is -2.51. The summed E-state index contributed by atoms with van der Waals surface area (Å²) in [6.45, 7) is 2.22. The maximum atomic E-state index is 12.8. The van der Waals surface area contributed by atoms with Gasteiger partial charge in [-0.1, -0.05) is 0 Å². The van der Waals surface area contributed by atoms with Gasteiger partial charge in [0.25, 0.3) is 5.91 Å². The highest BCUT2D eigenvalue weighted by Gasteiger charge is 2.51. The van der Waals surface area contributed by atoms with E-state index in [1.54, 1.807) is 0 Å². The predicted octanol–water partition coefficient (Wildman–Crippen LogP) is 2.88. The molecule has 2 heterocycles. The third-order valence-electron chi connectivity index (χ3n) is 8.08. The number of carbonyl (C=O) groups excluding carboxylic acids is 2. The maximum Gasteiger partial charge on any atom is 0.251 e. The van der Waals surface area contributed by atoms with Crippen LogP contribution in [0.15, 0.2) is 0 Å². The number of nitrogens with one attached hydrogen (secondary N) is 1. The molecule has 6 rings (SSSR count). The van der Waals surface area contributed by atoms with Gasteiger partial charge in [0.1, 0.15) is 6.10 Å². The Bertz CT molecular complexity index is 555. The minimum atomic E-state index is -0.216.